The van der Waals surface area contributed by atoms with Crippen molar-refractivity contribution in [1.29, 1.82) is 0 Å². The quantitative estimate of drug-likeness (QED) is 0.685. The first-order chi connectivity index (χ1) is 7.90. The number of rotatable bonds is 2. The minimum absolute atomic E-state index is 0.00231. The fourth-order valence-electron chi connectivity index (χ4n) is 2.35. The SMILES string of the molecule is CC(C)=CC(=O)[C@@H]1CC/C(C)=C\C(=O)C[C@@H]1C. The molecule has 2 heteroatoms. The van der Waals surface area contributed by atoms with Gasteiger partial charge in [-0.3, -0.25) is 9.59 Å². The van der Waals surface area contributed by atoms with Crippen molar-refractivity contribution in [2.75, 3.05) is 0 Å². The molecule has 0 bridgehead atoms. The summed E-state index contributed by atoms with van der Waals surface area (Å²) in [6, 6.07) is 0. The van der Waals surface area contributed by atoms with Crippen molar-refractivity contribution < 1.29 is 9.59 Å². The molecule has 0 saturated heterocycles. The highest BCUT2D eigenvalue weighted by Crippen LogP contribution is 2.27. The van der Waals surface area contributed by atoms with E-state index in [0.29, 0.717) is 6.42 Å². The third-order valence-electron chi connectivity index (χ3n) is 3.26. The molecule has 0 aromatic carbocycles. The number of allylic oxidation sites excluding steroid dienone is 4. The van der Waals surface area contributed by atoms with Crippen molar-refractivity contribution in [3.05, 3.63) is 23.3 Å². The molecule has 0 fully saturated rings. The van der Waals surface area contributed by atoms with Crippen LogP contribution in [0.4, 0.5) is 0 Å². The van der Waals surface area contributed by atoms with Gasteiger partial charge < -0.3 is 0 Å². The van der Waals surface area contributed by atoms with Gasteiger partial charge in [0, 0.05) is 12.3 Å². The first-order valence-corrected chi connectivity index (χ1v) is 6.29. The third kappa shape index (κ3) is 4.29. The van der Waals surface area contributed by atoms with Crippen LogP contribution in [-0.4, -0.2) is 11.6 Å². The summed E-state index contributed by atoms with van der Waals surface area (Å²) < 4.78 is 0. The molecule has 2 nitrogen and oxygen atoms in total. The lowest BCUT2D eigenvalue weighted by Gasteiger charge is -2.23. The van der Waals surface area contributed by atoms with Crippen molar-refractivity contribution in [2.45, 2.75) is 47.0 Å². The van der Waals surface area contributed by atoms with Gasteiger partial charge in [0.2, 0.25) is 0 Å². The number of carbonyl (C=O) groups excluding carboxylic acids is 2. The predicted molar refractivity (Wildman–Crippen MR) is 69.7 cm³/mol. The molecule has 1 rings (SSSR count). The molecule has 2 atom stereocenters. The summed E-state index contributed by atoms with van der Waals surface area (Å²) in [6.07, 6.45) is 5.65. The highest BCUT2D eigenvalue weighted by molar-refractivity contribution is 5.94. The van der Waals surface area contributed by atoms with Crippen LogP contribution in [0.25, 0.3) is 0 Å². The van der Waals surface area contributed by atoms with E-state index in [4.69, 9.17) is 0 Å². The molecule has 1 aliphatic rings. The molecule has 0 N–H and O–H groups in total. The molecule has 0 saturated carbocycles. The van der Waals surface area contributed by atoms with E-state index in [-0.39, 0.29) is 23.4 Å². The molecule has 0 spiro atoms. The number of hydrogen-bond donors (Lipinski definition) is 0. The normalized spacial score (nSPS) is 28.7. The predicted octanol–water partition coefficient (Wildman–Crippen LogP) is 3.47. The number of carbonyl (C=O) groups is 2. The second-order valence-electron chi connectivity index (χ2n) is 5.41. The molecular formula is C15H22O2. The van der Waals surface area contributed by atoms with E-state index in [1.165, 1.54) is 0 Å². The number of ketones is 2. The lowest BCUT2D eigenvalue weighted by atomic mass is 9.80. The average Bonchev–Trinajstić information content (AvgIpc) is 2.13. The summed E-state index contributed by atoms with van der Waals surface area (Å²) in [5.41, 5.74) is 2.12. The van der Waals surface area contributed by atoms with Gasteiger partial charge in [-0.05, 0) is 51.7 Å². The summed E-state index contributed by atoms with van der Waals surface area (Å²) in [5.74, 6) is 0.483. The van der Waals surface area contributed by atoms with Gasteiger partial charge >= 0.3 is 0 Å². The number of hydrogen-bond acceptors (Lipinski definition) is 2. The van der Waals surface area contributed by atoms with Gasteiger partial charge in [0.1, 0.15) is 0 Å². The van der Waals surface area contributed by atoms with E-state index in [2.05, 4.69) is 0 Å². The Kier molecular flexibility index (Phi) is 4.86. The molecule has 94 valence electrons. The monoisotopic (exact) mass is 234 g/mol. The molecular weight excluding hydrogens is 212 g/mol. The Morgan fingerprint density at radius 1 is 1.41 bits per heavy atom. The van der Waals surface area contributed by atoms with Crippen LogP contribution in [0, 0.1) is 11.8 Å². The standard InChI is InChI=1S/C15H22O2/c1-10(2)7-15(17)14-6-5-11(3)8-13(16)9-12(14)4/h7-8,12,14H,5-6,9H2,1-4H3/b11-8-/t12-,14+/m0/s1. The van der Waals surface area contributed by atoms with Crippen molar-refractivity contribution in [1.82, 2.24) is 0 Å². The lowest BCUT2D eigenvalue weighted by Crippen LogP contribution is -2.24. The Bertz CT molecular complexity index is 370. The van der Waals surface area contributed by atoms with Gasteiger partial charge in [0.25, 0.3) is 0 Å². The molecule has 1 aliphatic carbocycles. The van der Waals surface area contributed by atoms with E-state index in [9.17, 15) is 9.59 Å². The Hall–Kier alpha value is -1.18. The summed E-state index contributed by atoms with van der Waals surface area (Å²) in [7, 11) is 0. The highest BCUT2D eigenvalue weighted by Gasteiger charge is 2.26. The summed E-state index contributed by atoms with van der Waals surface area (Å²) >= 11 is 0. The Morgan fingerprint density at radius 2 is 2.06 bits per heavy atom. The van der Waals surface area contributed by atoms with Gasteiger partial charge in [-0.1, -0.05) is 18.1 Å². The van der Waals surface area contributed by atoms with Crippen LogP contribution >= 0.6 is 0 Å². The first kappa shape index (κ1) is 13.9. The molecule has 0 aliphatic heterocycles. The Balaban J connectivity index is 2.85. The second-order valence-corrected chi connectivity index (χ2v) is 5.41. The van der Waals surface area contributed by atoms with Crippen molar-refractivity contribution in [2.24, 2.45) is 11.8 Å². The fraction of sp³-hybridized carbons (Fsp3) is 0.600. The molecule has 17 heavy (non-hydrogen) atoms. The van der Waals surface area contributed by atoms with Crippen LogP contribution < -0.4 is 0 Å². The van der Waals surface area contributed by atoms with Crippen LogP contribution in [-0.2, 0) is 9.59 Å². The first-order valence-electron chi connectivity index (χ1n) is 6.29. The molecule has 0 unspecified atom stereocenters. The summed E-state index contributed by atoms with van der Waals surface area (Å²) in [5, 5.41) is 0. The van der Waals surface area contributed by atoms with Gasteiger partial charge in [0.15, 0.2) is 11.6 Å². The molecule has 0 aromatic rings. The summed E-state index contributed by atoms with van der Waals surface area (Å²) in [6.45, 7) is 7.84. The van der Waals surface area contributed by atoms with E-state index in [1.807, 2.05) is 27.7 Å². The molecule has 0 amide bonds. The highest BCUT2D eigenvalue weighted by atomic mass is 16.1. The van der Waals surface area contributed by atoms with E-state index < -0.39 is 0 Å². The minimum Gasteiger partial charge on any atom is -0.295 e. The third-order valence-corrected chi connectivity index (χ3v) is 3.26. The van der Waals surface area contributed by atoms with Crippen LogP contribution in [0.1, 0.15) is 47.0 Å². The van der Waals surface area contributed by atoms with Crippen molar-refractivity contribution in [3.8, 4) is 0 Å². The maximum atomic E-state index is 12.1. The van der Waals surface area contributed by atoms with Crippen molar-refractivity contribution in [3.63, 3.8) is 0 Å². The molecule has 0 aromatic heterocycles. The van der Waals surface area contributed by atoms with Crippen LogP contribution in [0.5, 0.6) is 0 Å². The largest absolute Gasteiger partial charge is 0.295 e. The zero-order valence-corrected chi connectivity index (χ0v) is 11.2. The lowest BCUT2D eigenvalue weighted by molar-refractivity contribution is -0.121. The van der Waals surface area contributed by atoms with Gasteiger partial charge in [-0.15, -0.1) is 0 Å². The second kappa shape index (κ2) is 5.95. The smallest absolute Gasteiger partial charge is 0.158 e. The minimum atomic E-state index is -0.00231. The van der Waals surface area contributed by atoms with Crippen LogP contribution in [0.3, 0.4) is 0 Å². The Morgan fingerprint density at radius 3 is 2.65 bits per heavy atom. The van der Waals surface area contributed by atoms with E-state index in [1.54, 1.807) is 12.2 Å². The maximum Gasteiger partial charge on any atom is 0.158 e. The van der Waals surface area contributed by atoms with E-state index >= 15 is 0 Å². The average molecular weight is 234 g/mol. The van der Waals surface area contributed by atoms with Crippen LogP contribution in [0.15, 0.2) is 23.3 Å². The Labute approximate surface area is 104 Å². The zero-order chi connectivity index (χ0) is 13.0. The maximum absolute atomic E-state index is 12.1. The van der Waals surface area contributed by atoms with E-state index in [0.717, 1.165) is 24.0 Å². The fourth-order valence-corrected chi connectivity index (χ4v) is 2.35. The van der Waals surface area contributed by atoms with Gasteiger partial charge in [0.05, 0.1) is 0 Å². The molecule has 0 heterocycles. The van der Waals surface area contributed by atoms with Gasteiger partial charge in [-0.25, -0.2) is 0 Å². The summed E-state index contributed by atoms with van der Waals surface area (Å²) in [4.78, 5) is 23.7. The van der Waals surface area contributed by atoms with Crippen molar-refractivity contribution >= 4 is 11.6 Å². The van der Waals surface area contributed by atoms with Crippen LogP contribution in [0.2, 0.25) is 0 Å². The van der Waals surface area contributed by atoms with Gasteiger partial charge in [-0.2, -0.15) is 0 Å². The molecule has 0 radical (unpaired) electrons. The zero-order valence-electron chi connectivity index (χ0n) is 11.2. The topological polar surface area (TPSA) is 34.1 Å².